The van der Waals surface area contributed by atoms with Crippen molar-refractivity contribution in [2.75, 3.05) is 19.6 Å². The molecule has 188 valence electrons. The van der Waals surface area contributed by atoms with Crippen LogP contribution < -0.4 is 21.3 Å². The van der Waals surface area contributed by atoms with Crippen LogP contribution in [0.2, 0.25) is 0 Å². The van der Waals surface area contributed by atoms with Crippen molar-refractivity contribution in [3.8, 4) is 5.75 Å². The number of carbonyl (C=O) groups excluding carboxylic acids is 3. The number of aromatic hydroxyl groups is 1. The minimum absolute atomic E-state index is 0.0553. The van der Waals surface area contributed by atoms with Gasteiger partial charge in [-0.2, -0.15) is 13.2 Å². The van der Waals surface area contributed by atoms with Crippen LogP contribution in [0.25, 0.3) is 0 Å². The van der Waals surface area contributed by atoms with Crippen LogP contribution in [0, 0.1) is 0 Å². The Morgan fingerprint density at radius 1 is 0.912 bits per heavy atom. The Bertz CT molecular complexity index is 893. The van der Waals surface area contributed by atoms with Gasteiger partial charge in [0.05, 0.1) is 13.0 Å². The van der Waals surface area contributed by atoms with Crippen LogP contribution in [0.15, 0.2) is 24.3 Å². The number of carbonyl (C=O) groups is 5. The van der Waals surface area contributed by atoms with E-state index in [2.05, 4.69) is 16.0 Å². The molecule has 1 rings (SSSR count). The fourth-order valence-electron chi connectivity index (χ4n) is 2.54. The predicted molar refractivity (Wildman–Crippen MR) is 107 cm³/mol. The number of benzene rings is 1. The van der Waals surface area contributed by atoms with E-state index in [1.807, 2.05) is 0 Å². The first-order valence-corrected chi connectivity index (χ1v) is 9.67. The van der Waals surface area contributed by atoms with Gasteiger partial charge in [0.2, 0.25) is 11.8 Å². The van der Waals surface area contributed by atoms with E-state index in [0.717, 1.165) is 0 Å². The monoisotopic (exact) mass is 492 g/mol. The molecule has 0 bridgehead atoms. The maximum Gasteiger partial charge on any atom is 0.471 e. The standard InChI is InChI=1S/C19H23F3N4O8/c20-19(21,22)18(34)24-6-5-23-9-14(28)25-12(8-15(29)30)16(31)26-13(17(32)33)7-10-1-3-11(27)4-2-10/h1-4,12-13,23,27H,5-9H2,(H,24,34)(H,25,28)(H,26,31)(H,29,30)(H,32,33)/t12-,13+/m0/s1. The van der Waals surface area contributed by atoms with Gasteiger partial charge in [-0.25, -0.2) is 4.79 Å². The van der Waals surface area contributed by atoms with E-state index in [-0.39, 0.29) is 18.7 Å². The zero-order valence-corrected chi connectivity index (χ0v) is 17.5. The molecule has 34 heavy (non-hydrogen) atoms. The van der Waals surface area contributed by atoms with Crippen LogP contribution in [0.5, 0.6) is 5.75 Å². The highest BCUT2D eigenvalue weighted by Gasteiger charge is 2.38. The summed E-state index contributed by atoms with van der Waals surface area (Å²) in [4.78, 5) is 57.7. The van der Waals surface area contributed by atoms with Gasteiger partial charge in [0, 0.05) is 19.5 Å². The zero-order chi connectivity index (χ0) is 25.9. The molecule has 0 spiro atoms. The lowest BCUT2D eigenvalue weighted by Gasteiger charge is -2.20. The molecule has 0 unspecified atom stereocenters. The number of phenolic OH excluding ortho intramolecular Hbond substituents is 1. The summed E-state index contributed by atoms with van der Waals surface area (Å²) in [5.41, 5.74) is 0.450. The van der Waals surface area contributed by atoms with E-state index < -0.39 is 67.4 Å². The highest BCUT2D eigenvalue weighted by molar-refractivity contribution is 5.93. The number of alkyl halides is 3. The van der Waals surface area contributed by atoms with E-state index in [4.69, 9.17) is 5.11 Å². The summed E-state index contributed by atoms with van der Waals surface area (Å²) in [5, 5.41) is 35.8. The lowest BCUT2D eigenvalue weighted by atomic mass is 10.0. The third-order valence-corrected chi connectivity index (χ3v) is 4.15. The molecule has 12 nitrogen and oxygen atoms in total. The SMILES string of the molecule is O=C(O)C[C@H](NC(=O)CNCCNC(=O)C(F)(F)F)C(=O)N[C@H](Cc1ccc(O)cc1)C(=O)O. The number of aliphatic carboxylic acids is 2. The number of carboxylic acids is 2. The summed E-state index contributed by atoms with van der Waals surface area (Å²) in [6.45, 7) is -1.22. The molecule has 2 atom stereocenters. The van der Waals surface area contributed by atoms with Crippen LogP contribution in [-0.4, -0.2) is 82.9 Å². The normalized spacial score (nSPS) is 12.8. The zero-order valence-electron chi connectivity index (χ0n) is 17.5. The van der Waals surface area contributed by atoms with E-state index >= 15 is 0 Å². The third-order valence-electron chi connectivity index (χ3n) is 4.15. The summed E-state index contributed by atoms with van der Waals surface area (Å²) in [5.74, 6) is -7.08. The first-order valence-electron chi connectivity index (χ1n) is 9.67. The maximum atomic E-state index is 12.5. The summed E-state index contributed by atoms with van der Waals surface area (Å²) >= 11 is 0. The Kier molecular flexibility index (Phi) is 10.7. The highest BCUT2D eigenvalue weighted by Crippen LogP contribution is 2.13. The molecular formula is C19H23F3N4O8. The molecule has 3 amide bonds. The second kappa shape index (κ2) is 13.0. The predicted octanol–water partition coefficient (Wildman–Crippen LogP) is -1.27. The molecule has 0 aromatic heterocycles. The molecule has 0 aliphatic heterocycles. The van der Waals surface area contributed by atoms with Crippen molar-refractivity contribution < 1.29 is 52.5 Å². The average Bonchev–Trinajstić information content (AvgIpc) is 2.72. The second-order valence-electron chi connectivity index (χ2n) is 6.92. The van der Waals surface area contributed by atoms with Gasteiger partial charge in [0.1, 0.15) is 17.8 Å². The molecule has 0 saturated heterocycles. The van der Waals surface area contributed by atoms with Gasteiger partial charge >= 0.3 is 24.0 Å². The summed E-state index contributed by atoms with van der Waals surface area (Å²) in [7, 11) is 0. The van der Waals surface area contributed by atoms with Gasteiger partial charge < -0.3 is 36.6 Å². The van der Waals surface area contributed by atoms with E-state index in [1.54, 1.807) is 5.32 Å². The average molecular weight is 492 g/mol. The van der Waals surface area contributed by atoms with Gasteiger partial charge in [-0.3, -0.25) is 19.2 Å². The summed E-state index contributed by atoms with van der Waals surface area (Å²) in [6.07, 6.45) is -6.12. The van der Waals surface area contributed by atoms with E-state index in [1.165, 1.54) is 24.3 Å². The largest absolute Gasteiger partial charge is 0.508 e. The first-order chi connectivity index (χ1) is 15.8. The molecule has 1 aromatic rings. The third kappa shape index (κ3) is 10.6. The molecule has 0 aliphatic rings. The molecule has 15 heteroatoms. The van der Waals surface area contributed by atoms with Gasteiger partial charge in [-0.15, -0.1) is 0 Å². The van der Waals surface area contributed by atoms with Crippen LogP contribution >= 0.6 is 0 Å². The number of phenols is 1. The molecular weight excluding hydrogens is 469 g/mol. The van der Waals surface area contributed by atoms with E-state index in [0.29, 0.717) is 5.56 Å². The molecule has 0 aliphatic carbocycles. The second-order valence-corrected chi connectivity index (χ2v) is 6.92. The molecule has 0 saturated carbocycles. The molecule has 0 heterocycles. The van der Waals surface area contributed by atoms with Crippen LogP contribution in [0.3, 0.4) is 0 Å². The Morgan fingerprint density at radius 2 is 1.53 bits per heavy atom. The lowest BCUT2D eigenvalue weighted by Crippen LogP contribution is -2.54. The molecule has 1 aromatic carbocycles. The Morgan fingerprint density at radius 3 is 2.06 bits per heavy atom. The number of hydrogen-bond acceptors (Lipinski definition) is 7. The minimum Gasteiger partial charge on any atom is -0.508 e. The number of nitrogens with one attached hydrogen (secondary N) is 4. The Balaban J connectivity index is 2.63. The Hall–Kier alpha value is -3.88. The van der Waals surface area contributed by atoms with Crippen LogP contribution in [-0.2, 0) is 30.4 Å². The van der Waals surface area contributed by atoms with E-state index in [9.17, 15) is 47.4 Å². The van der Waals surface area contributed by atoms with Crippen molar-refractivity contribution in [1.29, 1.82) is 0 Å². The van der Waals surface area contributed by atoms with Crippen molar-refractivity contribution in [2.24, 2.45) is 0 Å². The van der Waals surface area contributed by atoms with Crippen molar-refractivity contribution in [1.82, 2.24) is 21.3 Å². The smallest absolute Gasteiger partial charge is 0.471 e. The first kappa shape index (κ1) is 28.2. The van der Waals surface area contributed by atoms with Crippen molar-refractivity contribution >= 4 is 29.7 Å². The van der Waals surface area contributed by atoms with Crippen molar-refractivity contribution in [2.45, 2.75) is 31.1 Å². The molecule has 7 N–H and O–H groups in total. The van der Waals surface area contributed by atoms with Crippen LogP contribution in [0.1, 0.15) is 12.0 Å². The van der Waals surface area contributed by atoms with Gasteiger partial charge in [0.25, 0.3) is 0 Å². The van der Waals surface area contributed by atoms with Gasteiger partial charge in [-0.05, 0) is 17.7 Å². The maximum absolute atomic E-state index is 12.5. The fraction of sp³-hybridized carbons (Fsp3) is 0.421. The number of hydrogen-bond donors (Lipinski definition) is 7. The van der Waals surface area contributed by atoms with Crippen molar-refractivity contribution in [3.05, 3.63) is 29.8 Å². The number of amides is 3. The quantitative estimate of drug-likeness (QED) is 0.164. The fourth-order valence-corrected chi connectivity index (χ4v) is 2.54. The topological polar surface area (TPSA) is 194 Å². The Labute approximate surface area is 190 Å². The number of carboxylic acid groups (broad SMARTS) is 2. The minimum atomic E-state index is -5.05. The summed E-state index contributed by atoms with van der Waals surface area (Å²) in [6, 6.07) is 2.36. The highest BCUT2D eigenvalue weighted by atomic mass is 19.4. The van der Waals surface area contributed by atoms with Crippen molar-refractivity contribution in [3.63, 3.8) is 0 Å². The lowest BCUT2D eigenvalue weighted by molar-refractivity contribution is -0.173. The number of rotatable bonds is 13. The summed E-state index contributed by atoms with van der Waals surface area (Å²) < 4.78 is 36.2. The van der Waals surface area contributed by atoms with Crippen LogP contribution in [0.4, 0.5) is 13.2 Å². The van der Waals surface area contributed by atoms with Gasteiger partial charge in [0.15, 0.2) is 0 Å². The molecule has 0 fully saturated rings. The van der Waals surface area contributed by atoms with Gasteiger partial charge in [-0.1, -0.05) is 12.1 Å². The number of halogens is 3. The molecule has 0 radical (unpaired) electrons.